The summed E-state index contributed by atoms with van der Waals surface area (Å²) in [7, 11) is 0. The van der Waals surface area contributed by atoms with Crippen LogP contribution in [0.4, 0.5) is 0 Å². The van der Waals surface area contributed by atoms with E-state index in [-0.39, 0.29) is 5.56 Å². The smallest absolute Gasteiger partial charge is 0.252 e. The molecule has 27 heavy (non-hydrogen) atoms. The van der Waals surface area contributed by atoms with E-state index in [1.807, 2.05) is 59.5 Å². The second kappa shape index (κ2) is 7.23. The Hall–Kier alpha value is -3.14. The molecule has 0 N–H and O–H groups in total. The van der Waals surface area contributed by atoms with Crippen molar-refractivity contribution in [2.45, 2.75) is 33.2 Å². The van der Waals surface area contributed by atoms with E-state index in [1.165, 1.54) is 5.56 Å². The minimum atomic E-state index is 0.0325. The van der Waals surface area contributed by atoms with Gasteiger partial charge in [-0.25, -0.2) is 4.68 Å². The summed E-state index contributed by atoms with van der Waals surface area (Å²) >= 11 is 0. The molecular formula is C23H23N3O. The van der Waals surface area contributed by atoms with E-state index in [0.29, 0.717) is 6.54 Å². The lowest BCUT2D eigenvalue weighted by Crippen LogP contribution is -2.22. The van der Waals surface area contributed by atoms with Gasteiger partial charge < -0.3 is 0 Å². The summed E-state index contributed by atoms with van der Waals surface area (Å²) < 4.78 is 3.78. The SMILES string of the molecule is Cc1cc(=O)n(CCCc2ccccc2)c2c1c(C)nn2-c1ccccc1. The molecule has 0 saturated heterocycles. The third-order valence-corrected chi connectivity index (χ3v) is 4.98. The molecule has 2 heterocycles. The van der Waals surface area contributed by atoms with Crippen LogP contribution < -0.4 is 5.56 Å². The molecule has 0 aliphatic heterocycles. The lowest BCUT2D eigenvalue weighted by molar-refractivity contribution is 0.628. The van der Waals surface area contributed by atoms with Crippen molar-refractivity contribution in [2.75, 3.05) is 0 Å². The van der Waals surface area contributed by atoms with Gasteiger partial charge in [0.05, 0.1) is 11.4 Å². The fraction of sp³-hybridized carbons (Fsp3) is 0.217. The van der Waals surface area contributed by atoms with Crippen molar-refractivity contribution in [3.63, 3.8) is 0 Å². The molecule has 0 amide bonds. The van der Waals surface area contributed by atoms with Gasteiger partial charge in [-0.3, -0.25) is 9.36 Å². The summed E-state index contributed by atoms with van der Waals surface area (Å²) in [4.78, 5) is 12.8. The summed E-state index contributed by atoms with van der Waals surface area (Å²) in [6.45, 7) is 4.66. The summed E-state index contributed by atoms with van der Waals surface area (Å²) in [5.74, 6) is 0. The highest BCUT2D eigenvalue weighted by Crippen LogP contribution is 2.24. The predicted octanol–water partition coefficient (Wildman–Crippen LogP) is 4.44. The van der Waals surface area contributed by atoms with Crippen LogP contribution in [0.1, 0.15) is 23.2 Å². The molecule has 4 rings (SSSR count). The second-order valence-electron chi connectivity index (χ2n) is 6.94. The number of aromatic nitrogens is 3. The number of aryl methyl sites for hydroxylation is 4. The van der Waals surface area contributed by atoms with Gasteiger partial charge in [-0.05, 0) is 49.9 Å². The Balaban J connectivity index is 1.78. The number of hydrogen-bond acceptors (Lipinski definition) is 2. The maximum absolute atomic E-state index is 12.8. The number of hydrogen-bond donors (Lipinski definition) is 0. The van der Waals surface area contributed by atoms with Crippen LogP contribution in [0, 0.1) is 13.8 Å². The second-order valence-corrected chi connectivity index (χ2v) is 6.94. The van der Waals surface area contributed by atoms with Crippen LogP contribution >= 0.6 is 0 Å². The molecule has 4 heteroatoms. The van der Waals surface area contributed by atoms with Gasteiger partial charge in [0.25, 0.3) is 5.56 Å². The Morgan fingerprint density at radius 3 is 2.30 bits per heavy atom. The maximum atomic E-state index is 12.8. The first-order valence-electron chi connectivity index (χ1n) is 9.34. The molecule has 0 saturated carbocycles. The molecule has 0 unspecified atom stereocenters. The van der Waals surface area contributed by atoms with E-state index < -0.39 is 0 Å². The van der Waals surface area contributed by atoms with Gasteiger partial charge in [-0.2, -0.15) is 5.10 Å². The molecular weight excluding hydrogens is 334 g/mol. The monoisotopic (exact) mass is 357 g/mol. The van der Waals surface area contributed by atoms with Crippen molar-refractivity contribution in [3.05, 3.63) is 93.9 Å². The molecule has 0 atom stereocenters. The Labute approximate surface area is 158 Å². The summed E-state index contributed by atoms with van der Waals surface area (Å²) in [5, 5.41) is 5.81. The van der Waals surface area contributed by atoms with Crippen LogP contribution in [0.2, 0.25) is 0 Å². The number of nitrogens with zero attached hydrogens (tertiary/aromatic N) is 3. The van der Waals surface area contributed by atoms with Gasteiger partial charge in [0.2, 0.25) is 0 Å². The van der Waals surface area contributed by atoms with Crippen LogP contribution in [0.5, 0.6) is 0 Å². The molecule has 0 bridgehead atoms. The molecule has 0 spiro atoms. The number of fused-ring (bicyclic) bond motifs is 1. The van der Waals surface area contributed by atoms with Crippen molar-refractivity contribution in [1.82, 2.24) is 14.3 Å². The van der Waals surface area contributed by atoms with Crippen LogP contribution in [0.3, 0.4) is 0 Å². The average Bonchev–Trinajstić information content (AvgIpc) is 3.03. The normalized spacial score (nSPS) is 11.2. The number of benzene rings is 2. The third-order valence-electron chi connectivity index (χ3n) is 4.98. The standard InChI is InChI=1S/C23H23N3O/c1-17-16-21(27)25(15-9-12-19-10-5-3-6-11-19)23-22(17)18(2)24-26(23)20-13-7-4-8-14-20/h3-8,10-11,13-14,16H,9,12,15H2,1-2H3. The lowest BCUT2D eigenvalue weighted by Gasteiger charge is -2.12. The Morgan fingerprint density at radius 2 is 1.59 bits per heavy atom. The molecule has 0 radical (unpaired) electrons. The van der Waals surface area contributed by atoms with Crippen molar-refractivity contribution in [1.29, 1.82) is 0 Å². The summed E-state index contributed by atoms with van der Waals surface area (Å²) in [6.07, 6.45) is 1.85. The zero-order valence-electron chi connectivity index (χ0n) is 15.7. The first-order chi connectivity index (χ1) is 13.1. The van der Waals surface area contributed by atoms with E-state index >= 15 is 0 Å². The van der Waals surface area contributed by atoms with Crippen LogP contribution in [-0.4, -0.2) is 14.3 Å². The molecule has 2 aromatic carbocycles. The van der Waals surface area contributed by atoms with Gasteiger partial charge in [0.15, 0.2) is 0 Å². The highest BCUT2D eigenvalue weighted by Gasteiger charge is 2.16. The van der Waals surface area contributed by atoms with Gasteiger partial charge in [-0.1, -0.05) is 48.5 Å². The molecule has 0 aliphatic rings. The molecule has 4 nitrogen and oxygen atoms in total. The minimum absolute atomic E-state index is 0.0325. The van der Waals surface area contributed by atoms with Crippen molar-refractivity contribution in [2.24, 2.45) is 0 Å². The minimum Gasteiger partial charge on any atom is -0.293 e. The Kier molecular flexibility index (Phi) is 4.63. The number of para-hydroxylation sites is 1. The van der Waals surface area contributed by atoms with Crippen molar-refractivity contribution < 1.29 is 0 Å². The largest absolute Gasteiger partial charge is 0.293 e. The number of rotatable bonds is 5. The van der Waals surface area contributed by atoms with E-state index in [1.54, 1.807) is 6.07 Å². The summed E-state index contributed by atoms with van der Waals surface area (Å²) in [6, 6.07) is 22.1. The van der Waals surface area contributed by atoms with E-state index in [4.69, 9.17) is 5.10 Å². The fourth-order valence-electron chi connectivity index (χ4n) is 3.72. The Morgan fingerprint density at radius 1 is 0.926 bits per heavy atom. The fourth-order valence-corrected chi connectivity index (χ4v) is 3.72. The van der Waals surface area contributed by atoms with Crippen molar-refractivity contribution in [3.8, 4) is 5.69 Å². The highest BCUT2D eigenvalue weighted by atomic mass is 16.1. The molecule has 0 aliphatic carbocycles. The average molecular weight is 357 g/mol. The Bertz CT molecular complexity index is 1130. The zero-order valence-corrected chi connectivity index (χ0v) is 15.7. The number of pyridine rings is 1. The molecule has 136 valence electrons. The van der Waals surface area contributed by atoms with E-state index in [9.17, 15) is 4.79 Å². The van der Waals surface area contributed by atoms with Crippen LogP contribution in [-0.2, 0) is 13.0 Å². The van der Waals surface area contributed by atoms with Crippen molar-refractivity contribution >= 4 is 11.0 Å². The predicted molar refractivity (Wildman–Crippen MR) is 110 cm³/mol. The van der Waals surface area contributed by atoms with Gasteiger partial charge in [0.1, 0.15) is 5.65 Å². The van der Waals surface area contributed by atoms with Gasteiger partial charge >= 0.3 is 0 Å². The van der Waals surface area contributed by atoms with Gasteiger partial charge in [-0.15, -0.1) is 0 Å². The van der Waals surface area contributed by atoms with Crippen LogP contribution in [0.15, 0.2) is 71.5 Å². The summed E-state index contributed by atoms with van der Waals surface area (Å²) in [5.41, 5.74) is 5.11. The molecule has 0 fully saturated rings. The highest BCUT2D eigenvalue weighted by molar-refractivity contribution is 5.83. The third kappa shape index (κ3) is 3.31. The van der Waals surface area contributed by atoms with Gasteiger partial charge in [0, 0.05) is 18.0 Å². The van der Waals surface area contributed by atoms with Crippen LogP contribution in [0.25, 0.3) is 16.7 Å². The first kappa shape index (κ1) is 17.3. The first-order valence-corrected chi connectivity index (χ1v) is 9.34. The van der Waals surface area contributed by atoms with E-state index in [2.05, 4.69) is 24.3 Å². The quantitative estimate of drug-likeness (QED) is 0.530. The lowest BCUT2D eigenvalue weighted by atomic mass is 10.1. The molecule has 4 aromatic rings. The zero-order chi connectivity index (χ0) is 18.8. The molecule has 2 aromatic heterocycles. The topological polar surface area (TPSA) is 39.8 Å². The maximum Gasteiger partial charge on any atom is 0.252 e. The van der Waals surface area contributed by atoms with E-state index in [0.717, 1.165) is 40.8 Å².